The number of hydrogen-bond donors (Lipinski definition) is 0. The third-order valence-electron chi connectivity index (χ3n) is 2.02. The molecule has 0 fully saturated rings. The molecular formula is C13H11NO2. The second kappa shape index (κ2) is 6.27. The molecule has 3 heteroatoms. The van der Waals surface area contributed by atoms with Gasteiger partial charge in [0.1, 0.15) is 5.92 Å². The molecule has 1 rings (SSSR count). The average molecular weight is 213 g/mol. The summed E-state index contributed by atoms with van der Waals surface area (Å²) in [6, 6.07) is 11.2. The Morgan fingerprint density at radius 2 is 2.12 bits per heavy atom. The molecule has 1 unspecified atom stereocenters. The van der Waals surface area contributed by atoms with E-state index in [0.29, 0.717) is 6.42 Å². The van der Waals surface area contributed by atoms with E-state index in [1.54, 1.807) is 0 Å². The first kappa shape index (κ1) is 11.8. The quantitative estimate of drug-likeness (QED) is 0.563. The minimum atomic E-state index is -0.796. The number of hydrogen-bond acceptors (Lipinski definition) is 3. The lowest BCUT2D eigenvalue weighted by molar-refractivity contribution is -0.145. The first-order valence-electron chi connectivity index (χ1n) is 4.81. The van der Waals surface area contributed by atoms with Crippen LogP contribution >= 0.6 is 0 Å². The summed E-state index contributed by atoms with van der Waals surface area (Å²) in [5.74, 6) is 0.828. The third-order valence-corrected chi connectivity index (χ3v) is 2.02. The van der Waals surface area contributed by atoms with Crippen molar-refractivity contribution in [2.45, 2.75) is 6.42 Å². The van der Waals surface area contributed by atoms with Crippen LogP contribution in [0.1, 0.15) is 5.56 Å². The Morgan fingerprint density at radius 3 is 2.69 bits per heavy atom. The standard InChI is InChI=1S/C13H11NO2/c1-2-8-16-13(15)12(10-14)9-11-6-4-3-5-7-11/h1,3-7,12H,8-9H2. The minimum absolute atomic E-state index is 0.0915. The lowest BCUT2D eigenvalue weighted by Gasteiger charge is -2.07. The average Bonchev–Trinajstić information content (AvgIpc) is 2.34. The molecule has 1 aromatic carbocycles. The number of terminal acetylenes is 1. The number of carbonyl (C=O) groups is 1. The second-order valence-corrected chi connectivity index (χ2v) is 3.18. The molecule has 0 aromatic heterocycles. The van der Waals surface area contributed by atoms with Gasteiger partial charge in [0.2, 0.25) is 0 Å². The molecule has 80 valence electrons. The Bertz CT molecular complexity index is 425. The molecule has 0 aliphatic carbocycles. The van der Waals surface area contributed by atoms with E-state index in [2.05, 4.69) is 5.92 Å². The Labute approximate surface area is 94.7 Å². The monoisotopic (exact) mass is 213 g/mol. The molecular weight excluding hydrogens is 202 g/mol. The van der Waals surface area contributed by atoms with Crippen LogP contribution in [0.25, 0.3) is 0 Å². The smallest absolute Gasteiger partial charge is 0.324 e. The number of nitrogens with zero attached hydrogens (tertiary/aromatic N) is 1. The lowest BCUT2D eigenvalue weighted by atomic mass is 10.0. The van der Waals surface area contributed by atoms with Crippen molar-refractivity contribution in [1.29, 1.82) is 5.26 Å². The Kier molecular flexibility index (Phi) is 4.63. The van der Waals surface area contributed by atoms with Crippen molar-refractivity contribution in [2.24, 2.45) is 5.92 Å². The van der Waals surface area contributed by atoms with Gasteiger partial charge in [-0.15, -0.1) is 6.42 Å². The molecule has 0 spiro atoms. The fourth-order valence-corrected chi connectivity index (χ4v) is 1.24. The molecule has 3 nitrogen and oxygen atoms in total. The van der Waals surface area contributed by atoms with Gasteiger partial charge in [-0.25, -0.2) is 0 Å². The van der Waals surface area contributed by atoms with Crippen LogP contribution < -0.4 is 0 Å². The molecule has 1 atom stereocenters. The minimum Gasteiger partial charge on any atom is -0.452 e. The normalized spacial score (nSPS) is 10.9. The van der Waals surface area contributed by atoms with E-state index in [1.165, 1.54) is 0 Å². The molecule has 0 N–H and O–H groups in total. The van der Waals surface area contributed by atoms with E-state index in [9.17, 15) is 4.79 Å². The van der Waals surface area contributed by atoms with Crippen molar-refractivity contribution in [3.8, 4) is 18.4 Å². The summed E-state index contributed by atoms with van der Waals surface area (Å²) >= 11 is 0. The molecule has 0 aliphatic rings. The fraction of sp³-hybridized carbons (Fsp3) is 0.231. The van der Waals surface area contributed by atoms with E-state index in [-0.39, 0.29) is 6.61 Å². The van der Waals surface area contributed by atoms with Crippen molar-refractivity contribution < 1.29 is 9.53 Å². The Morgan fingerprint density at radius 1 is 1.44 bits per heavy atom. The number of rotatable bonds is 4. The lowest BCUT2D eigenvalue weighted by Crippen LogP contribution is -2.18. The van der Waals surface area contributed by atoms with Gasteiger partial charge >= 0.3 is 5.97 Å². The molecule has 0 bridgehead atoms. The van der Waals surface area contributed by atoms with Crippen molar-refractivity contribution >= 4 is 5.97 Å². The maximum absolute atomic E-state index is 11.4. The maximum Gasteiger partial charge on any atom is 0.324 e. The van der Waals surface area contributed by atoms with Gasteiger partial charge in [-0.1, -0.05) is 36.3 Å². The molecule has 0 radical (unpaired) electrons. The van der Waals surface area contributed by atoms with Gasteiger partial charge in [-0.3, -0.25) is 4.79 Å². The highest BCUT2D eigenvalue weighted by molar-refractivity contribution is 5.75. The Balaban J connectivity index is 2.60. The highest BCUT2D eigenvalue weighted by Gasteiger charge is 2.19. The van der Waals surface area contributed by atoms with Crippen molar-refractivity contribution in [3.05, 3.63) is 35.9 Å². The largest absolute Gasteiger partial charge is 0.452 e. The number of benzene rings is 1. The van der Waals surface area contributed by atoms with Crippen LogP contribution in [0.2, 0.25) is 0 Å². The topological polar surface area (TPSA) is 50.1 Å². The summed E-state index contributed by atoms with van der Waals surface area (Å²) in [6.07, 6.45) is 5.31. The number of ether oxygens (including phenoxy) is 1. The summed E-state index contributed by atoms with van der Waals surface area (Å²) < 4.78 is 4.72. The first-order valence-corrected chi connectivity index (χ1v) is 4.81. The Hall–Kier alpha value is -2.26. The molecule has 0 saturated carbocycles. The van der Waals surface area contributed by atoms with E-state index >= 15 is 0 Å². The summed E-state index contributed by atoms with van der Waals surface area (Å²) in [5.41, 5.74) is 0.923. The van der Waals surface area contributed by atoms with Gasteiger partial charge in [-0.2, -0.15) is 5.26 Å². The number of esters is 1. The van der Waals surface area contributed by atoms with Gasteiger partial charge in [0.25, 0.3) is 0 Å². The zero-order chi connectivity index (χ0) is 11.8. The van der Waals surface area contributed by atoms with Crippen LogP contribution in [-0.4, -0.2) is 12.6 Å². The molecule has 0 heterocycles. The zero-order valence-corrected chi connectivity index (χ0v) is 8.72. The highest BCUT2D eigenvalue weighted by Crippen LogP contribution is 2.09. The van der Waals surface area contributed by atoms with Crippen molar-refractivity contribution in [2.75, 3.05) is 6.61 Å². The van der Waals surface area contributed by atoms with Crippen LogP contribution in [0, 0.1) is 29.6 Å². The predicted octanol–water partition coefficient (Wildman–Crippen LogP) is 1.55. The van der Waals surface area contributed by atoms with E-state index in [4.69, 9.17) is 16.4 Å². The molecule has 1 aromatic rings. The van der Waals surface area contributed by atoms with Gasteiger partial charge in [0, 0.05) is 0 Å². The van der Waals surface area contributed by atoms with Crippen molar-refractivity contribution in [1.82, 2.24) is 0 Å². The van der Waals surface area contributed by atoms with Crippen molar-refractivity contribution in [3.63, 3.8) is 0 Å². The van der Waals surface area contributed by atoms with Crippen LogP contribution in [0.3, 0.4) is 0 Å². The van der Waals surface area contributed by atoms with Gasteiger partial charge < -0.3 is 4.74 Å². The second-order valence-electron chi connectivity index (χ2n) is 3.18. The van der Waals surface area contributed by atoms with E-state index in [1.807, 2.05) is 36.4 Å². The highest BCUT2D eigenvalue weighted by atomic mass is 16.5. The summed E-state index contributed by atoms with van der Waals surface area (Å²) in [6.45, 7) is -0.0915. The zero-order valence-electron chi connectivity index (χ0n) is 8.72. The molecule has 0 saturated heterocycles. The molecule has 0 aliphatic heterocycles. The van der Waals surface area contributed by atoms with E-state index in [0.717, 1.165) is 5.56 Å². The third kappa shape index (κ3) is 3.48. The number of nitriles is 1. The van der Waals surface area contributed by atoms with E-state index < -0.39 is 11.9 Å². The van der Waals surface area contributed by atoms with Crippen LogP contribution in [0.5, 0.6) is 0 Å². The van der Waals surface area contributed by atoms with Crippen LogP contribution in [0.4, 0.5) is 0 Å². The maximum atomic E-state index is 11.4. The fourth-order valence-electron chi connectivity index (χ4n) is 1.24. The summed E-state index contributed by atoms with van der Waals surface area (Å²) in [4.78, 5) is 11.4. The SMILES string of the molecule is C#CCOC(=O)C(C#N)Cc1ccccc1. The van der Waals surface area contributed by atoms with Gasteiger partial charge in [0.05, 0.1) is 6.07 Å². The summed E-state index contributed by atoms with van der Waals surface area (Å²) in [7, 11) is 0. The predicted molar refractivity (Wildman–Crippen MR) is 59.0 cm³/mol. The molecule has 16 heavy (non-hydrogen) atoms. The molecule has 0 amide bonds. The van der Waals surface area contributed by atoms with Gasteiger partial charge in [-0.05, 0) is 12.0 Å². The number of carbonyl (C=O) groups excluding carboxylic acids is 1. The van der Waals surface area contributed by atoms with Crippen LogP contribution in [0.15, 0.2) is 30.3 Å². The van der Waals surface area contributed by atoms with Crippen LogP contribution in [-0.2, 0) is 16.0 Å². The van der Waals surface area contributed by atoms with Gasteiger partial charge in [0.15, 0.2) is 6.61 Å². The summed E-state index contributed by atoms with van der Waals surface area (Å²) in [5, 5.41) is 8.85. The first-order chi connectivity index (χ1) is 7.77.